The first kappa shape index (κ1) is 103. The summed E-state index contributed by atoms with van der Waals surface area (Å²) in [5.41, 5.74) is 9.24. The molecule has 0 bridgehead atoms. The summed E-state index contributed by atoms with van der Waals surface area (Å²) in [6, 6.07) is 2.75. The highest BCUT2D eigenvalue weighted by Gasteiger charge is 2.39. The molecule has 18 rings (SSSR count). The van der Waals surface area contributed by atoms with E-state index >= 15 is 0 Å². The maximum Gasteiger partial charge on any atom is 0.225 e. The third kappa shape index (κ3) is 26.4. The van der Waals surface area contributed by atoms with Crippen LogP contribution >= 0.6 is 0 Å². The van der Waals surface area contributed by atoms with Crippen LogP contribution in [0.5, 0.6) is 0 Å². The van der Waals surface area contributed by atoms with Crippen LogP contribution in [0.15, 0.2) is 49.6 Å². The minimum atomic E-state index is -3.14. The molecule has 12 heterocycles. The fourth-order valence-corrected chi connectivity index (χ4v) is 25.4. The van der Waals surface area contributed by atoms with E-state index in [1.165, 1.54) is 67.0 Å². The number of rotatable bonds is 29. The molecule has 0 unspecified atom stereocenters. The second kappa shape index (κ2) is 49.0. The zero-order chi connectivity index (χ0) is 96.4. The molecule has 0 spiro atoms. The van der Waals surface area contributed by atoms with E-state index in [1.54, 1.807) is 4.31 Å². The SMILES string of the molecule is CCCC(=O)N1CCC(c2cn(C3CCC(O)CC3)c3nc(N[C@@H](C)CCC)ncc23)CC1.CCC[C@H](C)Nc1ncc2c(C3CCN(C(=O)C4CCCCC4)CC3)cn(C3CCC(O)CC3)c2n1.CCC[C@H](C)Nc1ncc2c(C3CCN(C(=O)C4CCCCC4)CC3)cn(C3CCC(O)CC3)c2n1.CCC[C@H](C)Nc1ncc2c(C3CCN(S(C)(=O)=O)CC3)cn(C3CCC(O)CC3)c2n1. The second-order valence-electron chi connectivity index (χ2n) is 43.1. The molecule has 756 valence electrons. The van der Waals surface area contributed by atoms with Gasteiger partial charge in [-0.25, -0.2) is 32.7 Å². The normalized spacial score (nSPS) is 24.6. The summed E-state index contributed by atoms with van der Waals surface area (Å²) in [5.74, 6) is 5.96. The van der Waals surface area contributed by atoms with Crippen molar-refractivity contribution in [3.05, 3.63) is 71.8 Å². The van der Waals surface area contributed by atoms with Crippen molar-refractivity contribution < 1.29 is 43.2 Å². The molecule has 10 fully saturated rings. The van der Waals surface area contributed by atoms with Gasteiger partial charge in [-0.05, 0) is 286 Å². The topological polar surface area (TPSA) is 350 Å². The molecule has 8 aromatic rings. The quantitative estimate of drug-likeness (QED) is 0.0216. The lowest BCUT2D eigenvalue weighted by Crippen LogP contribution is -2.41. The summed E-state index contributed by atoms with van der Waals surface area (Å²) in [5, 5.41) is 58.6. The Balaban J connectivity index is 0.000000139. The number of aliphatic hydroxyl groups is 4. The average molecular weight is 1910 g/mol. The van der Waals surface area contributed by atoms with Crippen molar-refractivity contribution in [1.29, 1.82) is 0 Å². The number of carbonyl (C=O) groups excluding carboxylic acids is 3. The number of aliphatic hydroxyl groups excluding tert-OH is 4. The van der Waals surface area contributed by atoms with Crippen LogP contribution in [0, 0.1) is 11.8 Å². The van der Waals surface area contributed by atoms with E-state index in [9.17, 15) is 43.2 Å². The number of likely N-dealkylation sites (tertiary alicyclic amines) is 3. The molecule has 6 aliphatic carbocycles. The van der Waals surface area contributed by atoms with Crippen molar-refractivity contribution >= 4 is 95.7 Å². The van der Waals surface area contributed by atoms with E-state index in [-0.39, 0.29) is 36.3 Å². The molecule has 6 saturated carbocycles. The van der Waals surface area contributed by atoms with Crippen LogP contribution < -0.4 is 21.3 Å². The highest BCUT2D eigenvalue weighted by molar-refractivity contribution is 7.88. The molecule has 4 aliphatic heterocycles. The van der Waals surface area contributed by atoms with Crippen molar-refractivity contribution in [3.63, 3.8) is 0 Å². The molecule has 0 radical (unpaired) electrons. The number of anilines is 4. The maximum absolute atomic E-state index is 13.1. The lowest BCUT2D eigenvalue weighted by molar-refractivity contribution is -0.138. The van der Waals surface area contributed by atoms with Gasteiger partial charge in [0.1, 0.15) is 22.6 Å². The average Bonchev–Trinajstić information content (AvgIpc) is 1.63. The Morgan fingerprint density at radius 3 is 0.810 bits per heavy atom. The lowest BCUT2D eigenvalue weighted by Gasteiger charge is -2.35. The first-order chi connectivity index (χ1) is 66.3. The summed E-state index contributed by atoms with van der Waals surface area (Å²) in [6.45, 7) is 25.7. The molecule has 4 atom stereocenters. The Hall–Kier alpha value is -8.16. The lowest BCUT2D eigenvalue weighted by atomic mass is 9.86. The minimum Gasteiger partial charge on any atom is -0.393 e. The summed E-state index contributed by atoms with van der Waals surface area (Å²) in [7, 11) is -3.14. The van der Waals surface area contributed by atoms with Crippen molar-refractivity contribution in [2.24, 2.45) is 11.8 Å². The zero-order valence-electron chi connectivity index (χ0n) is 84.7. The van der Waals surface area contributed by atoms with Crippen molar-refractivity contribution in [2.75, 3.05) is 79.9 Å². The van der Waals surface area contributed by atoms with E-state index in [4.69, 9.17) is 29.9 Å². The van der Waals surface area contributed by atoms with Gasteiger partial charge in [-0.1, -0.05) is 98.8 Å². The van der Waals surface area contributed by atoms with Gasteiger partial charge < -0.3 is 74.7 Å². The number of hydrogen-bond acceptors (Lipinski definition) is 21. The van der Waals surface area contributed by atoms with Gasteiger partial charge in [0.25, 0.3) is 0 Å². The summed E-state index contributed by atoms with van der Waals surface area (Å²) >= 11 is 0. The Bertz CT molecular complexity index is 5110. The number of piperidine rings is 4. The number of aromatic nitrogens is 12. The Kier molecular flexibility index (Phi) is 36.9. The molecule has 8 N–H and O–H groups in total. The predicted octanol–water partition coefficient (Wildman–Crippen LogP) is 20.2. The zero-order valence-corrected chi connectivity index (χ0v) is 85.5. The largest absolute Gasteiger partial charge is 0.393 e. The van der Waals surface area contributed by atoms with Crippen LogP contribution in [0.25, 0.3) is 44.1 Å². The molecule has 3 amide bonds. The van der Waals surface area contributed by atoms with Gasteiger partial charge in [-0.2, -0.15) is 19.9 Å². The molecule has 137 heavy (non-hydrogen) atoms. The second-order valence-corrected chi connectivity index (χ2v) is 45.1. The summed E-state index contributed by atoms with van der Waals surface area (Å²) in [6.07, 6.45) is 62.0. The molecule has 4 saturated heterocycles. The first-order valence-corrected chi connectivity index (χ1v) is 56.3. The molecule has 0 aromatic carbocycles. The van der Waals surface area contributed by atoms with Crippen LogP contribution in [0.4, 0.5) is 23.8 Å². The van der Waals surface area contributed by atoms with Crippen molar-refractivity contribution in [1.82, 2.24) is 77.1 Å². The summed E-state index contributed by atoms with van der Waals surface area (Å²) in [4.78, 5) is 83.6. The first-order valence-electron chi connectivity index (χ1n) is 54.4. The van der Waals surface area contributed by atoms with Crippen LogP contribution in [0.2, 0.25) is 0 Å². The van der Waals surface area contributed by atoms with Crippen molar-refractivity contribution in [2.45, 2.75) is 441 Å². The third-order valence-corrected chi connectivity index (χ3v) is 33.9. The highest BCUT2D eigenvalue weighted by Crippen LogP contribution is 2.46. The molecule has 10 aliphatic rings. The van der Waals surface area contributed by atoms with Gasteiger partial charge in [0.15, 0.2) is 0 Å². The number of fused-ring (bicyclic) bond motifs is 4. The standard InChI is InChI=1S/2C29H45N5O2.C26H41N5O2.C23H37N5O3S/c2*1-3-7-20(2)31-29-30-18-25-26(19-34(27(25)32-29)23-10-12-24(35)13-11-23)21-14-16-33(17-15-21)28(36)22-8-5-4-6-9-22;1-4-6-18(3)28-26-27-16-22-23(19-12-14-30(15-13-19)24(33)7-5-2)17-31(25(22)29-26)20-8-10-21(32)11-9-20;1-4-5-16(2)25-23-24-14-20-21(17-10-12-27(13-11-17)32(3,30)31)15-28(22(20)26-23)18-6-8-19(29)9-7-18/h2*18-24,35H,3-17H2,1-2H3,(H,30,31,32);16-21,32H,4-15H2,1-3H3,(H,27,28,29);14-19,29H,4-13H2,1-3H3,(H,24,25,26)/t2*20-,23?,24?;18-,20?,21?;16-,18?,19?/m0000/s1. The third-order valence-electron chi connectivity index (χ3n) is 32.6. The van der Waals surface area contributed by atoms with Crippen molar-refractivity contribution in [3.8, 4) is 0 Å². The van der Waals surface area contributed by atoms with Gasteiger partial charge in [0, 0.05) is 190 Å². The number of sulfonamides is 1. The van der Waals surface area contributed by atoms with E-state index in [0.29, 0.717) is 133 Å². The number of hydrogen-bond donors (Lipinski definition) is 8. The number of nitrogens with one attached hydrogen (secondary N) is 4. The highest BCUT2D eigenvalue weighted by atomic mass is 32.2. The van der Waals surface area contributed by atoms with Crippen LogP contribution in [-0.2, 0) is 24.4 Å². The fourth-order valence-electron chi connectivity index (χ4n) is 24.5. The van der Waals surface area contributed by atoms with Crippen LogP contribution in [-0.4, -0.2) is 231 Å². The predicted molar refractivity (Wildman–Crippen MR) is 548 cm³/mol. The van der Waals surface area contributed by atoms with Gasteiger partial charge in [0.05, 0.1) is 30.7 Å². The number of nitrogens with zero attached hydrogens (tertiary/aromatic N) is 16. The molecular weight excluding hydrogens is 1740 g/mol. The van der Waals surface area contributed by atoms with Crippen LogP contribution in [0.1, 0.15) is 415 Å². The maximum atomic E-state index is 13.1. The van der Waals surface area contributed by atoms with E-state index in [0.717, 1.165) is 321 Å². The number of carbonyl (C=O) groups is 3. The smallest absolute Gasteiger partial charge is 0.225 e. The Morgan fingerprint density at radius 1 is 0.336 bits per heavy atom. The monoisotopic (exact) mass is 1910 g/mol. The number of amides is 3. The van der Waals surface area contributed by atoms with Gasteiger partial charge in [0.2, 0.25) is 51.5 Å². The van der Waals surface area contributed by atoms with E-state index in [1.807, 2.05) is 29.7 Å². The molecular formula is C107H168N20O9S. The minimum absolute atomic E-state index is 0.171. The Morgan fingerprint density at radius 2 is 0.577 bits per heavy atom. The van der Waals surface area contributed by atoms with Gasteiger partial charge in [-0.15, -0.1) is 0 Å². The van der Waals surface area contributed by atoms with Gasteiger partial charge >= 0.3 is 0 Å². The molecule has 30 heteroatoms. The molecule has 8 aromatic heterocycles. The Labute approximate surface area is 816 Å². The fraction of sp³-hybridized carbons (Fsp3) is 0.748. The van der Waals surface area contributed by atoms with Crippen LogP contribution in [0.3, 0.4) is 0 Å². The van der Waals surface area contributed by atoms with E-state index < -0.39 is 10.0 Å². The molecule has 29 nitrogen and oxygen atoms in total. The van der Waals surface area contributed by atoms with Gasteiger partial charge in [-0.3, -0.25) is 14.4 Å². The summed E-state index contributed by atoms with van der Waals surface area (Å²) < 4.78 is 34.9. The van der Waals surface area contributed by atoms with E-state index in [2.05, 4.69) is 146 Å².